The molecule has 0 saturated heterocycles. The molecule has 1 aliphatic rings. The van der Waals surface area contributed by atoms with E-state index in [2.05, 4.69) is 10.6 Å². The Morgan fingerprint density at radius 2 is 1.84 bits per heavy atom. The Labute approximate surface area is 148 Å². The molecule has 0 aliphatic heterocycles. The molecule has 1 aliphatic carbocycles. The fraction of sp³-hybridized carbons (Fsp3) is 0.526. The van der Waals surface area contributed by atoms with Crippen molar-refractivity contribution < 1.29 is 19.1 Å². The number of nitrogens with one attached hydrogen (secondary N) is 2. The van der Waals surface area contributed by atoms with E-state index in [1.54, 1.807) is 6.07 Å². The Balaban J connectivity index is 1.71. The van der Waals surface area contributed by atoms with Crippen LogP contribution in [0, 0.1) is 19.8 Å². The molecule has 1 aromatic carbocycles. The van der Waals surface area contributed by atoms with E-state index in [1.165, 1.54) is 6.42 Å². The van der Waals surface area contributed by atoms with Crippen molar-refractivity contribution in [2.24, 2.45) is 5.92 Å². The second-order valence-electron chi connectivity index (χ2n) is 6.62. The number of anilines is 1. The smallest absolute Gasteiger partial charge is 0.325 e. The zero-order chi connectivity index (χ0) is 18.2. The van der Waals surface area contributed by atoms with Crippen LogP contribution in [-0.2, 0) is 14.3 Å². The van der Waals surface area contributed by atoms with Gasteiger partial charge in [0.05, 0.1) is 0 Å². The average Bonchev–Trinajstić information content (AvgIpc) is 2.58. The van der Waals surface area contributed by atoms with Crippen molar-refractivity contribution in [3.63, 3.8) is 0 Å². The molecule has 0 bridgehead atoms. The number of urea groups is 1. The Hall–Kier alpha value is -2.37. The summed E-state index contributed by atoms with van der Waals surface area (Å²) in [5.74, 6) is -0.659. The normalized spacial score (nSPS) is 14.6. The highest BCUT2D eigenvalue weighted by Crippen LogP contribution is 2.26. The first kappa shape index (κ1) is 19.0. The molecule has 2 rings (SSSR count). The molecular weight excluding hydrogens is 320 g/mol. The van der Waals surface area contributed by atoms with Gasteiger partial charge in [0.15, 0.2) is 6.61 Å². The van der Waals surface area contributed by atoms with Crippen LogP contribution in [-0.4, -0.2) is 24.5 Å². The number of hydrogen-bond acceptors (Lipinski definition) is 4. The molecule has 136 valence electrons. The lowest BCUT2D eigenvalue weighted by Crippen LogP contribution is -2.37. The van der Waals surface area contributed by atoms with Crippen LogP contribution in [0.5, 0.6) is 0 Å². The van der Waals surface area contributed by atoms with E-state index in [1.807, 2.05) is 26.0 Å². The molecule has 0 atom stereocenters. The van der Waals surface area contributed by atoms with Crippen LogP contribution >= 0.6 is 0 Å². The summed E-state index contributed by atoms with van der Waals surface area (Å²) in [7, 11) is 0. The Morgan fingerprint density at radius 3 is 2.56 bits per heavy atom. The third-order valence-corrected chi connectivity index (χ3v) is 4.65. The molecular formula is C19H26N2O4. The van der Waals surface area contributed by atoms with Crippen LogP contribution in [0.4, 0.5) is 10.5 Å². The molecule has 3 amide bonds. The predicted molar refractivity (Wildman–Crippen MR) is 95.2 cm³/mol. The molecule has 2 N–H and O–H groups in total. The zero-order valence-corrected chi connectivity index (χ0v) is 14.9. The Bertz CT molecular complexity index is 636. The standard InChI is InChI=1S/C19H26N2O4/c1-13-7-6-10-16(14(13)2)20-19(24)21-17(22)12-25-18(23)11-15-8-4-3-5-9-15/h6-7,10,15H,3-5,8-9,11-12H2,1-2H3,(H2,20,21,22,24). The van der Waals surface area contributed by atoms with Gasteiger partial charge in [0.2, 0.25) is 0 Å². The van der Waals surface area contributed by atoms with Crippen molar-refractivity contribution in [2.75, 3.05) is 11.9 Å². The van der Waals surface area contributed by atoms with Gasteiger partial charge in [-0.25, -0.2) is 4.79 Å². The third kappa shape index (κ3) is 6.21. The summed E-state index contributed by atoms with van der Waals surface area (Å²) in [6.07, 6.45) is 5.96. The van der Waals surface area contributed by atoms with E-state index in [0.29, 0.717) is 18.0 Å². The lowest BCUT2D eigenvalue weighted by atomic mass is 9.87. The number of imide groups is 1. The van der Waals surface area contributed by atoms with Crippen molar-refractivity contribution in [2.45, 2.75) is 52.4 Å². The van der Waals surface area contributed by atoms with Gasteiger partial charge < -0.3 is 10.1 Å². The van der Waals surface area contributed by atoms with Gasteiger partial charge in [-0.15, -0.1) is 0 Å². The van der Waals surface area contributed by atoms with E-state index < -0.39 is 18.5 Å². The van der Waals surface area contributed by atoms with Crippen LogP contribution < -0.4 is 10.6 Å². The van der Waals surface area contributed by atoms with Gasteiger partial charge in [-0.3, -0.25) is 14.9 Å². The minimum absolute atomic E-state index is 0.349. The monoisotopic (exact) mass is 346 g/mol. The number of esters is 1. The van der Waals surface area contributed by atoms with Gasteiger partial charge in [-0.2, -0.15) is 0 Å². The van der Waals surface area contributed by atoms with Crippen molar-refractivity contribution in [1.29, 1.82) is 0 Å². The summed E-state index contributed by atoms with van der Waals surface area (Å²) in [4.78, 5) is 35.4. The molecule has 6 heteroatoms. The van der Waals surface area contributed by atoms with Gasteiger partial charge in [0, 0.05) is 12.1 Å². The molecule has 6 nitrogen and oxygen atoms in total. The molecule has 1 saturated carbocycles. The number of benzene rings is 1. The van der Waals surface area contributed by atoms with E-state index in [-0.39, 0.29) is 5.97 Å². The quantitative estimate of drug-likeness (QED) is 0.800. The largest absolute Gasteiger partial charge is 0.456 e. The fourth-order valence-electron chi connectivity index (χ4n) is 3.03. The SMILES string of the molecule is Cc1cccc(NC(=O)NC(=O)COC(=O)CC2CCCCC2)c1C. The molecule has 1 aromatic rings. The first-order valence-corrected chi connectivity index (χ1v) is 8.78. The maximum Gasteiger partial charge on any atom is 0.325 e. The maximum absolute atomic E-state index is 11.9. The van der Waals surface area contributed by atoms with Crippen molar-refractivity contribution in [1.82, 2.24) is 5.32 Å². The van der Waals surface area contributed by atoms with Crippen LogP contribution in [0.25, 0.3) is 0 Å². The summed E-state index contributed by atoms with van der Waals surface area (Å²) < 4.78 is 4.97. The highest BCUT2D eigenvalue weighted by molar-refractivity contribution is 6.02. The number of hydrogen-bond donors (Lipinski definition) is 2. The second kappa shape index (κ2) is 9.20. The zero-order valence-electron chi connectivity index (χ0n) is 14.9. The Morgan fingerprint density at radius 1 is 1.12 bits per heavy atom. The first-order valence-electron chi connectivity index (χ1n) is 8.78. The van der Waals surface area contributed by atoms with Crippen LogP contribution in [0.1, 0.15) is 49.7 Å². The fourth-order valence-corrected chi connectivity index (χ4v) is 3.03. The van der Waals surface area contributed by atoms with E-state index in [4.69, 9.17) is 4.74 Å². The lowest BCUT2D eigenvalue weighted by Gasteiger charge is -2.20. The van der Waals surface area contributed by atoms with E-state index in [0.717, 1.165) is 36.8 Å². The summed E-state index contributed by atoms with van der Waals surface area (Å²) in [6.45, 7) is 3.39. The molecule has 0 aromatic heterocycles. The molecule has 0 heterocycles. The first-order chi connectivity index (χ1) is 12.0. The van der Waals surface area contributed by atoms with Gasteiger partial charge in [-0.05, 0) is 49.8 Å². The van der Waals surface area contributed by atoms with Gasteiger partial charge in [0.1, 0.15) is 0 Å². The van der Waals surface area contributed by atoms with Gasteiger partial charge in [-0.1, -0.05) is 31.4 Å². The highest BCUT2D eigenvalue weighted by Gasteiger charge is 2.19. The van der Waals surface area contributed by atoms with Crippen LogP contribution in [0.2, 0.25) is 0 Å². The number of carbonyl (C=O) groups excluding carboxylic acids is 3. The number of amides is 3. The second-order valence-corrected chi connectivity index (χ2v) is 6.62. The summed E-state index contributed by atoms with van der Waals surface area (Å²) >= 11 is 0. The molecule has 0 radical (unpaired) electrons. The Kier molecular flexibility index (Phi) is 6.98. The number of aryl methyl sites for hydroxylation is 1. The summed E-state index contributed by atoms with van der Waals surface area (Å²) in [6, 6.07) is 4.89. The van der Waals surface area contributed by atoms with E-state index >= 15 is 0 Å². The van der Waals surface area contributed by atoms with Crippen LogP contribution in [0.15, 0.2) is 18.2 Å². The molecule has 25 heavy (non-hydrogen) atoms. The maximum atomic E-state index is 11.9. The van der Waals surface area contributed by atoms with Crippen molar-refractivity contribution >= 4 is 23.6 Å². The lowest BCUT2D eigenvalue weighted by molar-refractivity contribution is -0.149. The minimum atomic E-state index is -0.639. The third-order valence-electron chi connectivity index (χ3n) is 4.65. The predicted octanol–water partition coefficient (Wildman–Crippen LogP) is 3.47. The topological polar surface area (TPSA) is 84.5 Å². The molecule has 0 unspecified atom stereocenters. The van der Waals surface area contributed by atoms with E-state index in [9.17, 15) is 14.4 Å². The number of ether oxygens (including phenoxy) is 1. The average molecular weight is 346 g/mol. The molecule has 0 spiro atoms. The van der Waals surface area contributed by atoms with Gasteiger partial charge >= 0.3 is 12.0 Å². The van der Waals surface area contributed by atoms with Crippen molar-refractivity contribution in [3.8, 4) is 0 Å². The van der Waals surface area contributed by atoms with Gasteiger partial charge in [0.25, 0.3) is 5.91 Å². The minimum Gasteiger partial charge on any atom is -0.456 e. The number of carbonyl (C=O) groups is 3. The van der Waals surface area contributed by atoms with Crippen molar-refractivity contribution in [3.05, 3.63) is 29.3 Å². The van der Waals surface area contributed by atoms with Crippen LogP contribution in [0.3, 0.4) is 0 Å². The summed E-state index contributed by atoms with van der Waals surface area (Å²) in [5, 5.41) is 4.79. The molecule has 1 fully saturated rings. The summed E-state index contributed by atoms with van der Waals surface area (Å²) in [5.41, 5.74) is 2.62. The highest BCUT2D eigenvalue weighted by atomic mass is 16.5. The number of rotatable bonds is 5.